The van der Waals surface area contributed by atoms with Gasteiger partial charge in [0.05, 0.1) is 23.5 Å². The third kappa shape index (κ3) is 2.58. The third-order valence-corrected chi connectivity index (χ3v) is 5.95. The first-order valence-corrected chi connectivity index (χ1v) is 9.43. The summed E-state index contributed by atoms with van der Waals surface area (Å²) in [5, 5.41) is 18.8. The summed E-state index contributed by atoms with van der Waals surface area (Å²) in [5.41, 5.74) is -0.246. The first-order chi connectivity index (χ1) is 11.1. The van der Waals surface area contributed by atoms with E-state index in [1.54, 1.807) is 0 Å². The molecule has 5 nitrogen and oxygen atoms in total. The van der Waals surface area contributed by atoms with Crippen LogP contribution in [0.5, 0.6) is 5.75 Å². The molecule has 0 amide bonds. The zero-order valence-electron chi connectivity index (χ0n) is 13.2. The van der Waals surface area contributed by atoms with Crippen LogP contribution in [-0.4, -0.2) is 40.2 Å². The Morgan fingerprint density at radius 3 is 2.67 bits per heavy atom. The van der Waals surface area contributed by atoms with Gasteiger partial charge in [0.2, 0.25) is 0 Å². The van der Waals surface area contributed by atoms with Gasteiger partial charge < -0.3 is 9.84 Å². The molecule has 2 aliphatic rings. The van der Waals surface area contributed by atoms with Gasteiger partial charge >= 0.3 is 0 Å². The number of hydrogen-bond acceptors (Lipinski definition) is 5. The first kappa shape index (κ1) is 17.2. The van der Waals surface area contributed by atoms with Crippen molar-refractivity contribution in [2.45, 2.75) is 29.2 Å². The minimum atomic E-state index is -3.77. The van der Waals surface area contributed by atoms with E-state index in [1.807, 2.05) is 0 Å². The molecule has 4 atom stereocenters. The molecule has 9 heteroatoms. The number of sulfone groups is 1. The number of ether oxygens (including phenoxy) is 1. The van der Waals surface area contributed by atoms with Gasteiger partial charge in [0.25, 0.3) is 5.92 Å². The molecule has 4 unspecified atom stereocenters. The Balaban J connectivity index is 2.03. The zero-order chi connectivity index (χ0) is 17.9. The van der Waals surface area contributed by atoms with E-state index in [9.17, 15) is 22.3 Å². The largest absolute Gasteiger partial charge is 0.493 e. The smallest absolute Gasteiger partial charge is 0.277 e. The van der Waals surface area contributed by atoms with Crippen LogP contribution in [-0.2, 0) is 9.84 Å². The normalized spacial score (nSPS) is 30.5. The molecule has 0 aromatic heterocycles. The Kier molecular flexibility index (Phi) is 3.88. The van der Waals surface area contributed by atoms with Crippen molar-refractivity contribution in [1.82, 2.24) is 0 Å². The highest BCUT2D eigenvalue weighted by atomic mass is 32.2. The van der Waals surface area contributed by atoms with Gasteiger partial charge in [-0.1, -0.05) is 0 Å². The van der Waals surface area contributed by atoms with E-state index in [1.165, 1.54) is 20.0 Å². The molecule has 0 saturated heterocycles. The Morgan fingerprint density at radius 1 is 1.46 bits per heavy atom. The highest BCUT2D eigenvalue weighted by molar-refractivity contribution is 7.90. The molecule has 0 heterocycles. The Labute approximate surface area is 139 Å². The number of hydrogen-bond donors (Lipinski definition) is 1. The standard InChI is InChI=1S/C15H16BF2NO4S/c1-24(21,22)10-3-2-9(23-6-8-4-7(8)5-19)11-12(10)14(20)15(17,18)13(11)16/h2-3,7-8,13-14,20H,4,6,16H2,1H3. The van der Waals surface area contributed by atoms with Crippen LogP contribution in [0.3, 0.4) is 0 Å². The van der Waals surface area contributed by atoms with Crippen LogP contribution >= 0.6 is 0 Å². The Hall–Kier alpha value is -1.66. The summed E-state index contributed by atoms with van der Waals surface area (Å²) in [6.45, 7) is 0.206. The number of halogens is 2. The summed E-state index contributed by atoms with van der Waals surface area (Å²) in [7, 11) is -2.54. The Bertz CT molecular complexity index is 837. The van der Waals surface area contributed by atoms with Crippen LogP contribution in [0.25, 0.3) is 0 Å². The number of alkyl halides is 2. The number of rotatable bonds is 4. The van der Waals surface area contributed by atoms with E-state index in [4.69, 9.17) is 10.00 Å². The van der Waals surface area contributed by atoms with Crippen LogP contribution in [0.15, 0.2) is 17.0 Å². The van der Waals surface area contributed by atoms with Gasteiger partial charge in [0.1, 0.15) is 19.7 Å². The predicted octanol–water partition coefficient (Wildman–Crippen LogP) is 0.985. The van der Waals surface area contributed by atoms with Crippen molar-refractivity contribution in [2.24, 2.45) is 11.8 Å². The predicted molar refractivity (Wildman–Crippen MR) is 83.4 cm³/mol. The SMILES string of the molecule is BC1c2c(OCC3CC3C#N)ccc(S(C)(=O)=O)c2C(O)C1(F)F. The van der Waals surface area contributed by atoms with E-state index < -0.39 is 27.7 Å². The van der Waals surface area contributed by atoms with Gasteiger partial charge in [-0.15, -0.1) is 0 Å². The number of nitriles is 1. The van der Waals surface area contributed by atoms with E-state index in [0.717, 1.165) is 6.26 Å². The summed E-state index contributed by atoms with van der Waals surface area (Å²) in [4.78, 5) is -0.303. The average Bonchev–Trinajstić information content (AvgIpc) is 3.24. The van der Waals surface area contributed by atoms with E-state index in [0.29, 0.717) is 6.42 Å². The lowest BCUT2D eigenvalue weighted by atomic mass is 9.79. The molecule has 0 aliphatic heterocycles. The van der Waals surface area contributed by atoms with E-state index >= 15 is 0 Å². The van der Waals surface area contributed by atoms with Crippen LogP contribution < -0.4 is 4.74 Å². The van der Waals surface area contributed by atoms with Gasteiger partial charge in [-0.2, -0.15) is 5.26 Å². The molecule has 2 aliphatic carbocycles. The van der Waals surface area contributed by atoms with Gasteiger partial charge in [-0.25, -0.2) is 17.2 Å². The zero-order valence-corrected chi connectivity index (χ0v) is 14.0. The van der Waals surface area contributed by atoms with Crippen molar-refractivity contribution in [3.05, 3.63) is 23.3 Å². The Morgan fingerprint density at radius 2 is 2.12 bits per heavy atom. The van der Waals surface area contributed by atoms with Crippen molar-refractivity contribution in [3.8, 4) is 11.8 Å². The molecular weight excluding hydrogens is 339 g/mol. The fourth-order valence-corrected chi connectivity index (χ4v) is 4.12. The number of nitrogens with zero attached hydrogens (tertiary/aromatic N) is 1. The maximum Gasteiger partial charge on any atom is 0.277 e. The number of aliphatic hydroxyl groups is 1. The van der Waals surface area contributed by atoms with E-state index in [2.05, 4.69) is 6.07 Å². The second-order valence-electron chi connectivity index (χ2n) is 6.50. The highest BCUT2D eigenvalue weighted by Gasteiger charge is 2.55. The lowest BCUT2D eigenvalue weighted by Gasteiger charge is -2.19. The maximum atomic E-state index is 14.3. The number of benzene rings is 1. The average molecular weight is 355 g/mol. The second-order valence-corrected chi connectivity index (χ2v) is 8.49. The molecule has 1 aromatic rings. The lowest BCUT2D eigenvalue weighted by Crippen LogP contribution is -2.27. The minimum absolute atomic E-state index is 0.0320. The van der Waals surface area contributed by atoms with Crippen LogP contribution in [0, 0.1) is 23.2 Å². The van der Waals surface area contributed by atoms with Crippen LogP contribution in [0.4, 0.5) is 8.78 Å². The number of aliphatic hydroxyl groups excluding tert-OH is 1. The molecular formula is C15H16BF2NO4S. The van der Waals surface area contributed by atoms with Gasteiger partial charge in [-0.05, 0) is 18.6 Å². The second kappa shape index (κ2) is 5.43. The van der Waals surface area contributed by atoms with Crippen LogP contribution in [0.1, 0.15) is 29.5 Å². The van der Waals surface area contributed by atoms with Gasteiger partial charge in [0, 0.05) is 29.1 Å². The lowest BCUT2D eigenvalue weighted by molar-refractivity contribution is -0.101. The molecule has 1 fully saturated rings. The van der Waals surface area contributed by atoms with E-state index in [-0.39, 0.29) is 40.2 Å². The molecule has 1 aromatic carbocycles. The first-order valence-electron chi connectivity index (χ1n) is 7.54. The highest BCUT2D eigenvalue weighted by Crippen LogP contribution is 2.55. The molecule has 1 N–H and O–H groups in total. The summed E-state index contributed by atoms with van der Waals surface area (Å²) >= 11 is 0. The molecule has 3 rings (SSSR count). The van der Waals surface area contributed by atoms with Crippen molar-refractivity contribution in [1.29, 1.82) is 5.26 Å². The molecule has 1 saturated carbocycles. The fraction of sp³-hybridized carbons (Fsp3) is 0.533. The molecule has 0 radical (unpaired) electrons. The molecule has 0 bridgehead atoms. The maximum absolute atomic E-state index is 14.3. The summed E-state index contributed by atoms with van der Waals surface area (Å²) in [5.74, 6) is -4.73. The summed E-state index contributed by atoms with van der Waals surface area (Å²) in [6.07, 6.45) is -0.573. The fourth-order valence-electron chi connectivity index (χ4n) is 3.18. The van der Waals surface area contributed by atoms with Gasteiger partial charge in [0.15, 0.2) is 9.84 Å². The monoisotopic (exact) mass is 355 g/mol. The summed E-state index contributed by atoms with van der Waals surface area (Å²) < 4.78 is 57.9. The topological polar surface area (TPSA) is 87.4 Å². The molecule has 0 spiro atoms. The van der Waals surface area contributed by atoms with Crippen molar-refractivity contribution in [3.63, 3.8) is 0 Å². The molecule has 24 heavy (non-hydrogen) atoms. The minimum Gasteiger partial charge on any atom is -0.493 e. The number of fused-ring (bicyclic) bond motifs is 1. The van der Waals surface area contributed by atoms with Gasteiger partial charge in [-0.3, -0.25) is 0 Å². The van der Waals surface area contributed by atoms with Crippen LogP contribution in [0.2, 0.25) is 0 Å². The summed E-state index contributed by atoms with van der Waals surface area (Å²) in [6, 6.07) is 4.66. The quantitative estimate of drug-likeness (QED) is 0.814. The van der Waals surface area contributed by atoms with Crippen molar-refractivity contribution in [2.75, 3.05) is 12.9 Å². The molecule has 128 valence electrons. The van der Waals surface area contributed by atoms with Crippen molar-refractivity contribution < 1.29 is 27.0 Å². The third-order valence-electron chi connectivity index (χ3n) is 4.80. The van der Waals surface area contributed by atoms with Crippen molar-refractivity contribution >= 4 is 17.7 Å².